The normalized spacial score (nSPS) is 12.9. The molecule has 0 amide bonds. The zero-order chi connectivity index (χ0) is 67.9. The lowest BCUT2D eigenvalue weighted by molar-refractivity contribution is -0.135. The van der Waals surface area contributed by atoms with Gasteiger partial charge in [0.2, 0.25) is 0 Å². The summed E-state index contributed by atoms with van der Waals surface area (Å²) in [6, 6.07) is 64.2. The first-order valence-electron chi connectivity index (χ1n) is 37.4. The van der Waals surface area contributed by atoms with E-state index >= 15 is 0 Å². The fourth-order valence-corrected chi connectivity index (χ4v) is 15.8. The van der Waals surface area contributed by atoms with Gasteiger partial charge in [-0.2, -0.15) is 0 Å². The van der Waals surface area contributed by atoms with Crippen molar-refractivity contribution in [2.45, 2.75) is 193 Å². The van der Waals surface area contributed by atoms with Crippen LogP contribution in [0.3, 0.4) is 0 Å². The van der Waals surface area contributed by atoms with Crippen LogP contribution < -0.4 is 28.4 Å². The van der Waals surface area contributed by atoms with Gasteiger partial charge in [-0.1, -0.05) is 243 Å². The molecule has 0 spiro atoms. The van der Waals surface area contributed by atoms with E-state index in [4.69, 9.17) is 28.4 Å². The van der Waals surface area contributed by atoms with Crippen LogP contribution in [0.1, 0.15) is 226 Å². The second-order valence-corrected chi connectivity index (χ2v) is 27.6. The molecule has 0 bridgehead atoms. The minimum atomic E-state index is -0.328. The Morgan fingerprint density at radius 1 is 0.263 bits per heavy atom. The Morgan fingerprint density at radius 2 is 0.485 bits per heavy atom. The summed E-state index contributed by atoms with van der Waals surface area (Å²) < 4.78 is 39.5. The summed E-state index contributed by atoms with van der Waals surface area (Å²) in [6.07, 6.45) is 19.8. The highest BCUT2D eigenvalue weighted by atomic mass is 16.6. The predicted molar refractivity (Wildman–Crippen MR) is 401 cm³/mol. The molecule has 0 unspecified atom stereocenters. The summed E-state index contributed by atoms with van der Waals surface area (Å²) in [6.45, 7) is 7.78. The summed E-state index contributed by atoms with van der Waals surface area (Å²) in [5.41, 5.74) is 16.2. The topological polar surface area (TPSA) is 107 Å². The van der Waals surface area contributed by atoms with E-state index in [1.165, 1.54) is 66.8 Å². The maximum absolute atomic E-state index is 14.3. The fraction of sp³-hybridized carbons (Fsp3) is 0.367. The lowest BCUT2D eigenvalue weighted by Crippen LogP contribution is -2.10. The Balaban J connectivity index is 0.799. The molecule has 10 aromatic rings. The van der Waals surface area contributed by atoms with Gasteiger partial charge in [0.1, 0.15) is 0 Å². The lowest BCUT2D eigenvalue weighted by atomic mass is 9.91. The van der Waals surface area contributed by atoms with Gasteiger partial charge in [0.05, 0.1) is 19.8 Å². The zero-order valence-electron chi connectivity index (χ0n) is 58.3. The maximum atomic E-state index is 14.3. The summed E-state index contributed by atoms with van der Waals surface area (Å²) in [4.78, 5) is 42.9. The number of benzene rings is 10. The van der Waals surface area contributed by atoms with E-state index in [9.17, 15) is 14.4 Å². The van der Waals surface area contributed by atoms with Crippen molar-refractivity contribution in [3.8, 4) is 67.9 Å². The zero-order valence-corrected chi connectivity index (χ0v) is 58.3. The molecular formula is C90H96O9. The minimum absolute atomic E-state index is 0.247. The van der Waals surface area contributed by atoms with Crippen LogP contribution in [-0.2, 0) is 14.4 Å². The minimum Gasteiger partial charge on any atom is -0.490 e. The summed E-state index contributed by atoms with van der Waals surface area (Å²) in [5.74, 6) is 2.36. The van der Waals surface area contributed by atoms with Crippen LogP contribution in [0.5, 0.6) is 34.5 Å². The summed E-state index contributed by atoms with van der Waals surface area (Å²) in [7, 11) is 0. The number of hydrogen-bond acceptors (Lipinski definition) is 9. The number of hydrogen-bond donors (Lipinski definition) is 0. The molecule has 99 heavy (non-hydrogen) atoms. The summed E-state index contributed by atoms with van der Waals surface area (Å²) >= 11 is 0. The van der Waals surface area contributed by atoms with E-state index in [-0.39, 0.29) is 37.2 Å². The van der Waals surface area contributed by atoms with Crippen LogP contribution in [0.25, 0.3) is 65.7 Å². The number of fused-ring (bicyclic) bond motifs is 15. The summed E-state index contributed by atoms with van der Waals surface area (Å²) in [5, 5.41) is 4.70. The first kappa shape index (κ1) is 68.3. The van der Waals surface area contributed by atoms with Crippen LogP contribution in [-0.4, -0.2) is 37.7 Å². The molecule has 0 atom stereocenters. The van der Waals surface area contributed by atoms with Crippen molar-refractivity contribution in [2.24, 2.45) is 0 Å². The van der Waals surface area contributed by atoms with Crippen LogP contribution in [0.2, 0.25) is 0 Å². The number of carbonyl (C=O) groups is 3. The first-order valence-corrected chi connectivity index (χ1v) is 37.4. The smallest absolute Gasteiger partial charge is 0.311 e. The Labute approximate surface area is 585 Å². The third-order valence-corrected chi connectivity index (χ3v) is 20.8. The van der Waals surface area contributed by atoms with E-state index in [2.05, 4.69) is 166 Å². The van der Waals surface area contributed by atoms with Gasteiger partial charge >= 0.3 is 17.9 Å². The van der Waals surface area contributed by atoms with Crippen molar-refractivity contribution in [2.75, 3.05) is 19.8 Å². The molecule has 9 heteroatoms. The van der Waals surface area contributed by atoms with Gasteiger partial charge < -0.3 is 28.4 Å². The van der Waals surface area contributed by atoms with E-state index in [0.29, 0.717) is 91.3 Å². The van der Waals surface area contributed by atoms with Gasteiger partial charge in [0.15, 0.2) is 34.5 Å². The number of rotatable bonds is 36. The Morgan fingerprint density at radius 3 is 0.717 bits per heavy atom. The number of ether oxygens (including phenoxy) is 6. The first-order chi connectivity index (χ1) is 48.8. The van der Waals surface area contributed by atoms with Gasteiger partial charge in [-0.25, -0.2) is 0 Å². The average molecular weight is 1320 g/mol. The lowest BCUT2D eigenvalue weighted by Gasteiger charge is -2.20. The van der Waals surface area contributed by atoms with Crippen LogP contribution in [0.4, 0.5) is 0 Å². The molecule has 3 aliphatic carbocycles. The third kappa shape index (κ3) is 15.6. The highest BCUT2D eigenvalue weighted by Gasteiger charge is 2.31. The predicted octanol–water partition coefficient (Wildman–Crippen LogP) is 23.9. The molecule has 10 aromatic carbocycles. The van der Waals surface area contributed by atoms with Crippen molar-refractivity contribution >= 4 is 50.2 Å². The van der Waals surface area contributed by atoms with Crippen molar-refractivity contribution in [3.05, 3.63) is 215 Å². The fourth-order valence-electron chi connectivity index (χ4n) is 15.8. The molecule has 510 valence electrons. The standard InChI is InChI=1S/C90H96O9/c1-4-7-31-52-94-82-55-76-79(58-85(82)97-88(91)49-16-10-13-34-61-64-37-19-25-43-70(64)71-44-26-20-38-65(61)71)77-56-83(95-53-32-8-5-2)87(99-90(93)51-18-12-15-36-63-68-41-23-29-47-74(68)75-48-30-24-42-69(63)75)60-81(77)78-57-84(96-54-33-9-6-3)86(59-80(76)78)98-89(92)50-17-11-14-35-62-66-39-21-27-45-72(66)73-46-28-22-40-67(62)73/h19-30,37-48,55-63H,4-18,31-36,49-54H2,1-3H3. The molecule has 3 aliphatic rings. The van der Waals surface area contributed by atoms with Crippen molar-refractivity contribution in [3.63, 3.8) is 0 Å². The van der Waals surface area contributed by atoms with Crippen LogP contribution in [0.15, 0.2) is 182 Å². The maximum Gasteiger partial charge on any atom is 0.311 e. The molecule has 9 nitrogen and oxygen atoms in total. The van der Waals surface area contributed by atoms with E-state index in [0.717, 1.165) is 148 Å². The van der Waals surface area contributed by atoms with E-state index < -0.39 is 0 Å². The largest absolute Gasteiger partial charge is 0.490 e. The monoisotopic (exact) mass is 1320 g/mol. The van der Waals surface area contributed by atoms with Crippen LogP contribution >= 0.6 is 0 Å². The van der Waals surface area contributed by atoms with Crippen molar-refractivity contribution in [1.29, 1.82) is 0 Å². The Hall–Kier alpha value is -9.21. The molecule has 0 aromatic heterocycles. The van der Waals surface area contributed by atoms with E-state index in [1.54, 1.807) is 0 Å². The molecule has 0 saturated carbocycles. The average Bonchev–Trinajstić information content (AvgIpc) is 1.69. The highest BCUT2D eigenvalue weighted by molar-refractivity contribution is 6.27. The van der Waals surface area contributed by atoms with Gasteiger partial charge in [0, 0.05) is 37.0 Å². The Bertz CT molecular complexity index is 3870. The Kier molecular flexibility index (Phi) is 22.8. The van der Waals surface area contributed by atoms with Gasteiger partial charge in [0.25, 0.3) is 0 Å². The van der Waals surface area contributed by atoms with Gasteiger partial charge in [-0.05, 0) is 193 Å². The highest BCUT2D eigenvalue weighted by Crippen LogP contribution is 2.52. The quantitative estimate of drug-likeness (QED) is 0.0164. The molecule has 0 radical (unpaired) electrons. The molecule has 0 N–H and O–H groups in total. The van der Waals surface area contributed by atoms with E-state index in [1.807, 2.05) is 36.4 Å². The molecule has 0 saturated heterocycles. The molecule has 0 aliphatic heterocycles. The molecule has 13 rings (SSSR count). The molecule has 0 fully saturated rings. The third-order valence-electron chi connectivity index (χ3n) is 20.8. The SMILES string of the molecule is CCCCCOc1cc2c(cc1OC(=O)CCCCCC1c3ccccc3-c3ccccc31)c1cc(OCCCCC)c(OC(=O)CCCCCC3c4ccccc4-c4ccccc43)cc1c1cc(OCCCCC)c(OC(=O)CCCCCC3c4ccccc4-c4ccccc43)cc21. The van der Waals surface area contributed by atoms with Crippen molar-refractivity contribution in [1.82, 2.24) is 0 Å². The molecule has 0 heterocycles. The number of unbranched alkanes of at least 4 members (excludes halogenated alkanes) is 12. The van der Waals surface area contributed by atoms with Gasteiger partial charge in [-0.15, -0.1) is 0 Å². The van der Waals surface area contributed by atoms with Gasteiger partial charge in [-0.3, -0.25) is 14.4 Å². The molecular weight excluding hydrogens is 1220 g/mol. The number of esters is 3. The number of carbonyl (C=O) groups excluding carboxylic acids is 3. The van der Waals surface area contributed by atoms with Crippen LogP contribution in [0, 0.1) is 0 Å². The second-order valence-electron chi connectivity index (χ2n) is 27.6. The van der Waals surface area contributed by atoms with Crippen molar-refractivity contribution < 1.29 is 42.8 Å². The second kappa shape index (κ2) is 33.1.